The zero-order chi connectivity index (χ0) is 10.1. The fraction of sp³-hybridized carbons (Fsp3) is 0.455. The van der Waals surface area contributed by atoms with E-state index < -0.39 is 0 Å². The Hall–Kier alpha value is -0.730. The first-order chi connectivity index (χ1) is 6.72. The number of hydrogen-bond acceptors (Lipinski definition) is 2. The molecule has 0 spiro atoms. The Bertz CT molecular complexity index is 351. The number of rotatable bonds is 1. The maximum absolute atomic E-state index is 6.06. The molecule has 2 nitrogen and oxygen atoms in total. The van der Waals surface area contributed by atoms with E-state index >= 15 is 0 Å². The van der Waals surface area contributed by atoms with Crippen molar-refractivity contribution in [3.8, 4) is 5.75 Å². The van der Waals surface area contributed by atoms with E-state index in [2.05, 4.69) is 12.2 Å². The van der Waals surface area contributed by atoms with E-state index in [1.807, 2.05) is 12.1 Å². The van der Waals surface area contributed by atoms with Crippen molar-refractivity contribution in [3.05, 3.63) is 28.3 Å². The van der Waals surface area contributed by atoms with Crippen LogP contribution in [0, 0.1) is 0 Å². The van der Waals surface area contributed by atoms with Crippen molar-refractivity contribution in [3.63, 3.8) is 0 Å². The molecule has 1 aromatic carbocycles. The number of hydrogen-bond donors (Lipinski definition) is 1. The van der Waals surface area contributed by atoms with Crippen LogP contribution in [0.15, 0.2) is 12.1 Å². The highest BCUT2D eigenvalue weighted by Crippen LogP contribution is 2.32. The summed E-state index contributed by atoms with van der Waals surface area (Å²) in [5, 5.41) is 4.12. The van der Waals surface area contributed by atoms with E-state index in [1.54, 1.807) is 7.11 Å². The zero-order valence-corrected chi connectivity index (χ0v) is 9.19. The lowest BCUT2D eigenvalue weighted by Crippen LogP contribution is -2.27. The van der Waals surface area contributed by atoms with Crippen molar-refractivity contribution in [1.82, 2.24) is 5.32 Å². The minimum Gasteiger partial charge on any atom is -0.495 e. The Labute approximate surface area is 89.2 Å². The molecule has 3 heteroatoms. The van der Waals surface area contributed by atoms with Gasteiger partial charge >= 0.3 is 0 Å². The lowest BCUT2D eigenvalue weighted by Gasteiger charge is -2.24. The van der Waals surface area contributed by atoms with E-state index in [0.717, 1.165) is 18.7 Å². The predicted octanol–water partition coefficient (Wildman–Crippen LogP) is 2.56. The van der Waals surface area contributed by atoms with Crippen LogP contribution in [-0.2, 0) is 6.42 Å². The maximum atomic E-state index is 6.06. The molecule has 1 atom stereocenters. The van der Waals surface area contributed by atoms with Gasteiger partial charge in [0.15, 0.2) is 0 Å². The SMILES string of the molecule is COc1cc2c(cc1Cl)CCN[C@@H]2C. The Morgan fingerprint density at radius 3 is 3.00 bits per heavy atom. The Balaban J connectivity index is 2.49. The second-order valence-corrected chi connectivity index (χ2v) is 4.02. The fourth-order valence-corrected chi connectivity index (χ4v) is 2.18. The molecule has 1 aliphatic rings. The van der Waals surface area contributed by atoms with Crippen LogP contribution in [0.2, 0.25) is 5.02 Å². The molecule has 2 rings (SSSR count). The van der Waals surface area contributed by atoms with E-state index in [-0.39, 0.29) is 0 Å². The minimum absolute atomic E-state index is 0.393. The Morgan fingerprint density at radius 2 is 2.29 bits per heavy atom. The average Bonchev–Trinajstić information content (AvgIpc) is 2.17. The van der Waals surface area contributed by atoms with Gasteiger partial charge in [0.05, 0.1) is 12.1 Å². The first-order valence-electron chi connectivity index (χ1n) is 4.82. The molecule has 0 aliphatic carbocycles. The molecule has 0 amide bonds. The van der Waals surface area contributed by atoms with Gasteiger partial charge in [0.2, 0.25) is 0 Å². The van der Waals surface area contributed by atoms with Gasteiger partial charge in [-0.25, -0.2) is 0 Å². The number of halogens is 1. The summed E-state index contributed by atoms with van der Waals surface area (Å²) in [6.07, 6.45) is 1.05. The molecule has 0 aromatic heterocycles. The highest BCUT2D eigenvalue weighted by Gasteiger charge is 2.17. The molecule has 1 heterocycles. The van der Waals surface area contributed by atoms with Gasteiger partial charge < -0.3 is 10.1 Å². The summed E-state index contributed by atoms with van der Waals surface area (Å²) in [4.78, 5) is 0. The largest absolute Gasteiger partial charge is 0.495 e. The van der Waals surface area contributed by atoms with Crippen LogP contribution in [-0.4, -0.2) is 13.7 Å². The molecule has 0 saturated heterocycles. The van der Waals surface area contributed by atoms with Gasteiger partial charge in [-0.05, 0) is 43.1 Å². The summed E-state index contributed by atoms with van der Waals surface area (Å²) in [6, 6.07) is 4.45. The molecule has 0 unspecified atom stereocenters. The highest BCUT2D eigenvalue weighted by atomic mass is 35.5. The van der Waals surface area contributed by atoms with Crippen molar-refractivity contribution in [2.75, 3.05) is 13.7 Å². The standard InChI is InChI=1S/C11H14ClNO/c1-7-9-6-11(14-2)10(12)5-8(9)3-4-13-7/h5-7,13H,3-4H2,1-2H3/t7-/m1/s1. The average molecular weight is 212 g/mol. The summed E-state index contributed by atoms with van der Waals surface area (Å²) < 4.78 is 5.20. The third kappa shape index (κ3) is 1.60. The normalized spacial score (nSPS) is 20.4. The van der Waals surface area contributed by atoms with Gasteiger partial charge in [-0.2, -0.15) is 0 Å². The summed E-state index contributed by atoms with van der Waals surface area (Å²) in [5.41, 5.74) is 2.64. The van der Waals surface area contributed by atoms with E-state index in [4.69, 9.17) is 16.3 Å². The van der Waals surface area contributed by atoms with Crippen LogP contribution in [0.3, 0.4) is 0 Å². The first kappa shape index (κ1) is 9.81. The number of methoxy groups -OCH3 is 1. The van der Waals surface area contributed by atoms with Crippen LogP contribution in [0.5, 0.6) is 5.75 Å². The van der Waals surface area contributed by atoms with Crippen LogP contribution < -0.4 is 10.1 Å². The number of nitrogens with one attached hydrogen (secondary N) is 1. The maximum Gasteiger partial charge on any atom is 0.137 e. The predicted molar refractivity (Wildman–Crippen MR) is 58.1 cm³/mol. The van der Waals surface area contributed by atoms with Crippen LogP contribution in [0.1, 0.15) is 24.1 Å². The molecule has 0 saturated carbocycles. The third-order valence-corrected chi connectivity index (χ3v) is 3.02. The molecule has 1 aromatic rings. The van der Waals surface area contributed by atoms with Gasteiger partial charge in [-0.1, -0.05) is 11.6 Å². The minimum atomic E-state index is 0.393. The molecule has 1 N–H and O–H groups in total. The van der Waals surface area contributed by atoms with Gasteiger partial charge in [0.1, 0.15) is 5.75 Å². The van der Waals surface area contributed by atoms with Gasteiger partial charge in [-0.3, -0.25) is 0 Å². The molecule has 0 fully saturated rings. The molecular formula is C11H14ClNO. The molecule has 76 valence electrons. The van der Waals surface area contributed by atoms with Gasteiger partial charge in [-0.15, -0.1) is 0 Å². The van der Waals surface area contributed by atoms with Crippen molar-refractivity contribution in [1.29, 1.82) is 0 Å². The number of fused-ring (bicyclic) bond motifs is 1. The summed E-state index contributed by atoms with van der Waals surface area (Å²) >= 11 is 6.06. The second kappa shape index (κ2) is 3.79. The lowest BCUT2D eigenvalue weighted by molar-refractivity contribution is 0.412. The van der Waals surface area contributed by atoms with Crippen molar-refractivity contribution in [2.45, 2.75) is 19.4 Å². The van der Waals surface area contributed by atoms with Crippen LogP contribution in [0.4, 0.5) is 0 Å². The van der Waals surface area contributed by atoms with Crippen molar-refractivity contribution >= 4 is 11.6 Å². The highest BCUT2D eigenvalue weighted by molar-refractivity contribution is 6.32. The zero-order valence-electron chi connectivity index (χ0n) is 8.43. The number of benzene rings is 1. The fourth-order valence-electron chi connectivity index (χ4n) is 1.92. The third-order valence-electron chi connectivity index (χ3n) is 2.73. The lowest BCUT2D eigenvalue weighted by atomic mass is 9.95. The van der Waals surface area contributed by atoms with Crippen molar-refractivity contribution in [2.24, 2.45) is 0 Å². The first-order valence-corrected chi connectivity index (χ1v) is 5.20. The van der Waals surface area contributed by atoms with Crippen molar-refractivity contribution < 1.29 is 4.74 Å². The van der Waals surface area contributed by atoms with Crippen LogP contribution >= 0.6 is 11.6 Å². The second-order valence-electron chi connectivity index (χ2n) is 3.61. The molecular weight excluding hydrogens is 198 g/mol. The summed E-state index contributed by atoms with van der Waals surface area (Å²) in [7, 11) is 1.65. The van der Waals surface area contributed by atoms with E-state index in [1.165, 1.54) is 11.1 Å². The molecule has 14 heavy (non-hydrogen) atoms. The van der Waals surface area contributed by atoms with Gasteiger partial charge in [0, 0.05) is 6.04 Å². The number of ether oxygens (including phenoxy) is 1. The van der Waals surface area contributed by atoms with Gasteiger partial charge in [0.25, 0.3) is 0 Å². The van der Waals surface area contributed by atoms with E-state index in [0.29, 0.717) is 11.1 Å². The van der Waals surface area contributed by atoms with Crippen LogP contribution in [0.25, 0.3) is 0 Å². The topological polar surface area (TPSA) is 21.3 Å². The molecule has 0 radical (unpaired) electrons. The Morgan fingerprint density at radius 1 is 1.50 bits per heavy atom. The summed E-state index contributed by atoms with van der Waals surface area (Å²) in [5.74, 6) is 0.765. The van der Waals surface area contributed by atoms with E-state index in [9.17, 15) is 0 Å². The monoisotopic (exact) mass is 211 g/mol. The molecule has 0 bridgehead atoms. The quantitative estimate of drug-likeness (QED) is 0.771. The molecule has 1 aliphatic heterocycles. The summed E-state index contributed by atoms with van der Waals surface area (Å²) in [6.45, 7) is 3.18. The smallest absolute Gasteiger partial charge is 0.137 e. The Kier molecular flexibility index (Phi) is 2.66.